The molecule has 0 saturated heterocycles. The van der Waals surface area contributed by atoms with Crippen LogP contribution in [0, 0.1) is 0 Å². The van der Waals surface area contributed by atoms with Crippen molar-refractivity contribution >= 4 is 5.82 Å². The van der Waals surface area contributed by atoms with Gasteiger partial charge in [0.15, 0.2) is 0 Å². The highest BCUT2D eigenvalue weighted by atomic mass is 15.5. The molecule has 2 N–H and O–H groups in total. The predicted molar refractivity (Wildman–Crippen MR) is 61.2 cm³/mol. The van der Waals surface area contributed by atoms with Crippen LogP contribution in [0.1, 0.15) is 37.4 Å². The zero-order valence-corrected chi connectivity index (χ0v) is 9.45. The average Bonchev–Trinajstić information content (AvgIpc) is 3.25. The molecule has 0 radical (unpaired) electrons. The SMILES string of the molecule is Nc1cc(C2(n3nccn3)CC2)nn1C1CC1. The van der Waals surface area contributed by atoms with Crippen molar-refractivity contribution in [3.05, 3.63) is 24.2 Å². The Morgan fingerprint density at radius 1 is 1.24 bits per heavy atom. The third-order valence-corrected chi connectivity index (χ3v) is 3.66. The second-order valence-corrected chi connectivity index (χ2v) is 4.98. The van der Waals surface area contributed by atoms with Gasteiger partial charge in [-0.05, 0) is 25.7 Å². The molecule has 2 saturated carbocycles. The molecule has 0 aromatic carbocycles. The molecule has 2 aromatic heterocycles. The summed E-state index contributed by atoms with van der Waals surface area (Å²) in [6.07, 6.45) is 7.89. The number of nitrogens with two attached hydrogens (primary N) is 1. The summed E-state index contributed by atoms with van der Waals surface area (Å²) >= 11 is 0. The van der Waals surface area contributed by atoms with Crippen LogP contribution in [0.3, 0.4) is 0 Å². The van der Waals surface area contributed by atoms with Crippen LogP contribution in [0.5, 0.6) is 0 Å². The molecular formula is C11H14N6. The summed E-state index contributed by atoms with van der Waals surface area (Å²) in [7, 11) is 0. The largest absolute Gasteiger partial charge is 0.384 e. The number of hydrogen-bond donors (Lipinski definition) is 1. The lowest BCUT2D eigenvalue weighted by Crippen LogP contribution is -2.22. The van der Waals surface area contributed by atoms with E-state index in [-0.39, 0.29) is 5.54 Å². The third-order valence-electron chi connectivity index (χ3n) is 3.66. The summed E-state index contributed by atoms with van der Waals surface area (Å²) in [6, 6.07) is 2.50. The summed E-state index contributed by atoms with van der Waals surface area (Å²) < 4.78 is 1.96. The Morgan fingerprint density at radius 2 is 1.94 bits per heavy atom. The number of hydrogen-bond acceptors (Lipinski definition) is 4. The molecule has 2 aromatic rings. The van der Waals surface area contributed by atoms with E-state index in [1.165, 1.54) is 12.8 Å². The van der Waals surface area contributed by atoms with E-state index in [1.807, 2.05) is 10.7 Å². The number of aromatic nitrogens is 5. The highest BCUT2D eigenvalue weighted by Gasteiger charge is 2.51. The molecule has 17 heavy (non-hydrogen) atoms. The fourth-order valence-electron chi connectivity index (χ4n) is 2.36. The Labute approximate surface area is 98.4 Å². The summed E-state index contributed by atoms with van der Waals surface area (Å²) in [5, 5.41) is 13.1. The average molecular weight is 230 g/mol. The van der Waals surface area contributed by atoms with Crippen molar-refractivity contribution in [1.29, 1.82) is 0 Å². The van der Waals surface area contributed by atoms with Crippen LogP contribution in [-0.2, 0) is 5.54 Å². The van der Waals surface area contributed by atoms with Crippen LogP contribution >= 0.6 is 0 Å². The van der Waals surface area contributed by atoms with E-state index in [0.29, 0.717) is 6.04 Å². The van der Waals surface area contributed by atoms with E-state index in [9.17, 15) is 0 Å². The maximum atomic E-state index is 6.01. The minimum Gasteiger partial charge on any atom is -0.384 e. The second kappa shape index (κ2) is 2.88. The predicted octanol–water partition coefficient (Wildman–Crippen LogP) is 0.929. The minimum absolute atomic E-state index is 0.127. The molecule has 6 nitrogen and oxygen atoms in total. The zero-order valence-electron chi connectivity index (χ0n) is 9.45. The van der Waals surface area contributed by atoms with Crippen molar-refractivity contribution in [3.63, 3.8) is 0 Å². The van der Waals surface area contributed by atoms with E-state index in [0.717, 1.165) is 24.4 Å². The fraction of sp³-hybridized carbons (Fsp3) is 0.545. The van der Waals surface area contributed by atoms with Gasteiger partial charge < -0.3 is 5.73 Å². The van der Waals surface area contributed by atoms with Gasteiger partial charge in [0.1, 0.15) is 11.4 Å². The van der Waals surface area contributed by atoms with Crippen LogP contribution in [0.25, 0.3) is 0 Å². The van der Waals surface area contributed by atoms with Gasteiger partial charge in [-0.25, -0.2) is 4.68 Å². The van der Waals surface area contributed by atoms with Gasteiger partial charge in [0, 0.05) is 6.07 Å². The van der Waals surface area contributed by atoms with Crippen LogP contribution < -0.4 is 5.73 Å². The molecule has 2 heterocycles. The van der Waals surface area contributed by atoms with Crippen molar-refractivity contribution in [3.8, 4) is 0 Å². The normalized spacial score (nSPS) is 21.6. The van der Waals surface area contributed by atoms with Crippen molar-refractivity contribution in [1.82, 2.24) is 24.8 Å². The molecule has 0 amide bonds. The molecule has 0 spiro atoms. The maximum Gasteiger partial charge on any atom is 0.126 e. The summed E-state index contributed by atoms with van der Waals surface area (Å²) in [6.45, 7) is 0. The number of nitrogen functional groups attached to an aromatic ring is 1. The lowest BCUT2D eigenvalue weighted by Gasteiger charge is -2.10. The van der Waals surface area contributed by atoms with Gasteiger partial charge in [0.2, 0.25) is 0 Å². The molecule has 2 aliphatic rings. The number of rotatable bonds is 3. The highest BCUT2D eigenvalue weighted by molar-refractivity contribution is 5.37. The zero-order chi connectivity index (χ0) is 11.5. The Kier molecular flexibility index (Phi) is 1.56. The lowest BCUT2D eigenvalue weighted by atomic mass is 10.2. The van der Waals surface area contributed by atoms with Gasteiger partial charge in [0.05, 0.1) is 24.1 Å². The standard InChI is InChI=1S/C11H14N6/c12-10-7-9(15-16(10)8-1-2-8)11(3-4-11)17-13-5-6-14-17/h5-8H,1-4,12H2. The molecule has 0 bridgehead atoms. The first kappa shape index (κ1) is 9.21. The van der Waals surface area contributed by atoms with E-state index in [2.05, 4.69) is 15.3 Å². The summed E-state index contributed by atoms with van der Waals surface area (Å²) in [4.78, 5) is 1.77. The van der Waals surface area contributed by atoms with Gasteiger partial charge in [-0.2, -0.15) is 20.1 Å². The van der Waals surface area contributed by atoms with Crippen molar-refractivity contribution in [2.75, 3.05) is 5.73 Å². The van der Waals surface area contributed by atoms with Crippen LogP contribution in [0.4, 0.5) is 5.82 Å². The molecule has 4 rings (SSSR count). The van der Waals surface area contributed by atoms with Gasteiger partial charge in [-0.1, -0.05) is 0 Å². The Morgan fingerprint density at radius 3 is 2.53 bits per heavy atom. The first-order valence-corrected chi connectivity index (χ1v) is 6.02. The third kappa shape index (κ3) is 1.23. The molecule has 2 aliphatic carbocycles. The van der Waals surface area contributed by atoms with E-state index in [1.54, 1.807) is 17.2 Å². The fourth-order valence-corrected chi connectivity index (χ4v) is 2.36. The van der Waals surface area contributed by atoms with E-state index in [4.69, 9.17) is 5.73 Å². The molecule has 88 valence electrons. The number of anilines is 1. The smallest absolute Gasteiger partial charge is 0.126 e. The molecule has 2 fully saturated rings. The summed E-state index contributed by atoms with van der Waals surface area (Å²) in [5.41, 5.74) is 6.90. The number of nitrogens with zero attached hydrogens (tertiary/aromatic N) is 5. The van der Waals surface area contributed by atoms with Gasteiger partial charge in [-0.15, -0.1) is 0 Å². The van der Waals surface area contributed by atoms with Crippen LogP contribution in [0.2, 0.25) is 0 Å². The monoisotopic (exact) mass is 230 g/mol. The molecule has 0 aliphatic heterocycles. The first-order chi connectivity index (χ1) is 8.29. The Balaban J connectivity index is 1.77. The van der Waals surface area contributed by atoms with Crippen molar-refractivity contribution in [2.45, 2.75) is 37.3 Å². The second-order valence-electron chi connectivity index (χ2n) is 4.98. The van der Waals surface area contributed by atoms with Crippen molar-refractivity contribution < 1.29 is 0 Å². The summed E-state index contributed by atoms with van der Waals surface area (Å²) in [5.74, 6) is 0.765. The van der Waals surface area contributed by atoms with Crippen molar-refractivity contribution in [2.24, 2.45) is 0 Å². The highest BCUT2D eigenvalue weighted by Crippen LogP contribution is 2.49. The van der Waals surface area contributed by atoms with Gasteiger partial charge in [-0.3, -0.25) is 0 Å². The lowest BCUT2D eigenvalue weighted by molar-refractivity contribution is 0.426. The topological polar surface area (TPSA) is 74.6 Å². The molecule has 6 heteroatoms. The van der Waals surface area contributed by atoms with Crippen LogP contribution in [0.15, 0.2) is 18.5 Å². The van der Waals surface area contributed by atoms with E-state index < -0.39 is 0 Å². The minimum atomic E-state index is -0.127. The Bertz CT molecular complexity index is 547. The van der Waals surface area contributed by atoms with Crippen LogP contribution in [-0.4, -0.2) is 24.8 Å². The van der Waals surface area contributed by atoms with Gasteiger partial charge in [0.25, 0.3) is 0 Å². The molecular weight excluding hydrogens is 216 g/mol. The first-order valence-electron chi connectivity index (χ1n) is 6.02. The van der Waals surface area contributed by atoms with Gasteiger partial charge >= 0.3 is 0 Å². The molecule has 0 atom stereocenters. The Hall–Kier alpha value is -1.85. The quantitative estimate of drug-likeness (QED) is 0.851. The maximum absolute atomic E-state index is 6.01. The molecule has 0 unspecified atom stereocenters. The van der Waals surface area contributed by atoms with E-state index >= 15 is 0 Å².